The van der Waals surface area contributed by atoms with Crippen LogP contribution in [-0.4, -0.2) is 5.78 Å². The van der Waals surface area contributed by atoms with Gasteiger partial charge in [0.1, 0.15) is 0 Å². The molecule has 0 N–H and O–H groups in total. The van der Waals surface area contributed by atoms with Crippen molar-refractivity contribution >= 4 is 5.78 Å². The molecule has 0 spiro atoms. The van der Waals surface area contributed by atoms with Gasteiger partial charge in [0.25, 0.3) is 0 Å². The summed E-state index contributed by atoms with van der Waals surface area (Å²) < 4.78 is 0. The maximum Gasteiger partial charge on any atom is 0.194 e. The molecule has 1 aliphatic carbocycles. The summed E-state index contributed by atoms with van der Waals surface area (Å²) in [6.07, 6.45) is 2.28. The van der Waals surface area contributed by atoms with E-state index in [9.17, 15) is 4.79 Å². The fourth-order valence-corrected chi connectivity index (χ4v) is 3.22. The minimum absolute atomic E-state index is 0.124. The topological polar surface area (TPSA) is 17.1 Å². The first-order chi connectivity index (χ1) is 9.54. The minimum atomic E-state index is 0.124. The third-order valence-electron chi connectivity index (χ3n) is 4.38. The monoisotopic (exact) mass is 264 g/mol. The van der Waals surface area contributed by atoms with E-state index in [2.05, 4.69) is 39.0 Å². The molecule has 1 heteroatoms. The third kappa shape index (κ3) is 1.89. The summed E-state index contributed by atoms with van der Waals surface area (Å²) in [4.78, 5) is 12.5. The predicted molar refractivity (Wildman–Crippen MR) is 83.2 cm³/mol. The molecule has 0 aromatic heterocycles. The Morgan fingerprint density at radius 3 is 2.25 bits per heavy atom. The van der Waals surface area contributed by atoms with Crippen LogP contribution in [0, 0.1) is 0 Å². The Labute approximate surface area is 120 Å². The first-order valence-corrected chi connectivity index (χ1v) is 7.33. The maximum atomic E-state index is 12.5. The Kier molecular flexibility index (Phi) is 3.01. The number of carbonyl (C=O) groups excluding carboxylic acids is 1. The smallest absolute Gasteiger partial charge is 0.194 e. The largest absolute Gasteiger partial charge is 0.289 e. The van der Waals surface area contributed by atoms with Crippen LogP contribution in [0.5, 0.6) is 0 Å². The van der Waals surface area contributed by atoms with Gasteiger partial charge in [-0.3, -0.25) is 4.79 Å². The molecule has 1 nitrogen and oxygen atoms in total. The molecule has 0 aliphatic heterocycles. The highest BCUT2D eigenvalue weighted by molar-refractivity contribution is 6.21. The van der Waals surface area contributed by atoms with E-state index >= 15 is 0 Å². The quantitative estimate of drug-likeness (QED) is 0.652. The molecule has 1 aliphatic rings. The van der Waals surface area contributed by atoms with Gasteiger partial charge in [-0.25, -0.2) is 0 Å². The van der Waals surface area contributed by atoms with E-state index in [-0.39, 0.29) is 11.2 Å². The van der Waals surface area contributed by atoms with Crippen LogP contribution in [0.15, 0.2) is 42.5 Å². The molecular weight excluding hydrogens is 244 g/mol. The number of hydrogen-bond acceptors (Lipinski definition) is 1. The zero-order valence-corrected chi connectivity index (χ0v) is 12.4. The number of fused-ring (bicyclic) bond motifs is 3. The van der Waals surface area contributed by atoms with Gasteiger partial charge >= 0.3 is 0 Å². The first-order valence-electron chi connectivity index (χ1n) is 7.33. The lowest BCUT2D eigenvalue weighted by Gasteiger charge is -2.25. The van der Waals surface area contributed by atoms with Gasteiger partial charge in [0.05, 0.1) is 0 Å². The van der Waals surface area contributed by atoms with Crippen molar-refractivity contribution in [2.24, 2.45) is 0 Å². The zero-order valence-electron chi connectivity index (χ0n) is 12.4. The lowest BCUT2D eigenvalue weighted by Crippen LogP contribution is -2.17. The van der Waals surface area contributed by atoms with Crippen LogP contribution in [0.25, 0.3) is 11.1 Å². The second-order valence-electron chi connectivity index (χ2n) is 6.27. The summed E-state index contributed by atoms with van der Waals surface area (Å²) in [5.41, 5.74) is 5.26. The van der Waals surface area contributed by atoms with Crippen LogP contribution >= 0.6 is 0 Å². The van der Waals surface area contributed by atoms with Gasteiger partial charge in [-0.05, 0) is 34.6 Å². The maximum absolute atomic E-state index is 12.5. The van der Waals surface area contributed by atoms with Gasteiger partial charge in [0.2, 0.25) is 0 Å². The molecular formula is C19H20O. The average molecular weight is 264 g/mol. The fraction of sp³-hybridized carbons (Fsp3) is 0.316. The summed E-state index contributed by atoms with van der Waals surface area (Å²) in [6, 6.07) is 14.3. The van der Waals surface area contributed by atoms with E-state index in [1.165, 1.54) is 5.56 Å². The molecule has 0 heterocycles. The molecule has 0 saturated heterocycles. The number of carbonyl (C=O) groups is 1. The van der Waals surface area contributed by atoms with Crippen molar-refractivity contribution in [3.8, 4) is 11.1 Å². The Morgan fingerprint density at radius 1 is 0.900 bits per heavy atom. The van der Waals surface area contributed by atoms with Gasteiger partial charge in [0, 0.05) is 11.1 Å². The molecule has 0 radical (unpaired) electrons. The Bertz CT molecular complexity index is 680. The van der Waals surface area contributed by atoms with Crippen LogP contribution in [0.1, 0.15) is 55.1 Å². The van der Waals surface area contributed by atoms with Crippen molar-refractivity contribution in [1.82, 2.24) is 0 Å². The van der Waals surface area contributed by atoms with Gasteiger partial charge in [-0.2, -0.15) is 0 Å². The van der Waals surface area contributed by atoms with Crippen LogP contribution in [0.2, 0.25) is 0 Å². The van der Waals surface area contributed by atoms with Gasteiger partial charge in [-0.15, -0.1) is 0 Å². The van der Waals surface area contributed by atoms with E-state index in [0.29, 0.717) is 0 Å². The summed E-state index contributed by atoms with van der Waals surface area (Å²) in [5.74, 6) is 0.171. The van der Waals surface area contributed by atoms with E-state index < -0.39 is 0 Å². The fourth-order valence-electron chi connectivity index (χ4n) is 3.22. The standard InChI is InChI=1S/C19H20O/c1-4-11-19(2,3)13-9-10-15-14-7-5-6-8-16(14)18(20)17(15)12-13/h5-10,12H,4,11H2,1-3H3. The van der Waals surface area contributed by atoms with Crippen molar-refractivity contribution < 1.29 is 4.79 Å². The van der Waals surface area contributed by atoms with Crippen LogP contribution in [0.3, 0.4) is 0 Å². The lowest BCUT2D eigenvalue weighted by atomic mass is 9.79. The van der Waals surface area contributed by atoms with E-state index in [0.717, 1.165) is 35.1 Å². The normalized spacial score (nSPS) is 13.2. The minimum Gasteiger partial charge on any atom is -0.289 e. The molecule has 0 amide bonds. The molecule has 0 bridgehead atoms. The summed E-state index contributed by atoms with van der Waals surface area (Å²) in [7, 11) is 0. The van der Waals surface area contributed by atoms with Gasteiger partial charge < -0.3 is 0 Å². The number of benzene rings is 2. The molecule has 0 fully saturated rings. The van der Waals surface area contributed by atoms with E-state index in [1.807, 2.05) is 24.3 Å². The summed E-state index contributed by atoms with van der Waals surface area (Å²) in [6.45, 7) is 6.71. The molecule has 2 aromatic rings. The highest BCUT2D eigenvalue weighted by atomic mass is 16.1. The summed E-state index contributed by atoms with van der Waals surface area (Å²) >= 11 is 0. The van der Waals surface area contributed by atoms with Crippen LogP contribution < -0.4 is 0 Å². The van der Waals surface area contributed by atoms with Crippen LogP contribution in [-0.2, 0) is 5.41 Å². The van der Waals surface area contributed by atoms with Crippen molar-refractivity contribution in [3.63, 3.8) is 0 Å². The first kappa shape index (κ1) is 13.1. The Hall–Kier alpha value is -1.89. The lowest BCUT2D eigenvalue weighted by molar-refractivity contribution is 0.104. The van der Waals surface area contributed by atoms with Crippen molar-refractivity contribution in [3.05, 3.63) is 59.2 Å². The van der Waals surface area contributed by atoms with Crippen molar-refractivity contribution in [2.45, 2.75) is 39.0 Å². The number of hydrogen-bond donors (Lipinski definition) is 0. The van der Waals surface area contributed by atoms with Crippen LogP contribution in [0.4, 0.5) is 0 Å². The highest BCUT2D eigenvalue weighted by Crippen LogP contribution is 2.39. The van der Waals surface area contributed by atoms with Crippen molar-refractivity contribution in [1.29, 1.82) is 0 Å². The number of ketones is 1. The van der Waals surface area contributed by atoms with Crippen molar-refractivity contribution in [2.75, 3.05) is 0 Å². The molecule has 3 rings (SSSR count). The third-order valence-corrected chi connectivity index (χ3v) is 4.38. The molecule has 2 aromatic carbocycles. The summed E-state index contributed by atoms with van der Waals surface area (Å²) in [5, 5.41) is 0. The van der Waals surface area contributed by atoms with E-state index in [1.54, 1.807) is 0 Å². The second-order valence-corrected chi connectivity index (χ2v) is 6.27. The SMILES string of the molecule is CCCC(C)(C)c1ccc2c(c1)C(=O)c1ccccc1-2. The van der Waals surface area contributed by atoms with Gasteiger partial charge in [0.15, 0.2) is 5.78 Å². The Balaban J connectivity index is 2.11. The second kappa shape index (κ2) is 4.59. The molecule has 0 unspecified atom stereocenters. The molecule has 102 valence electrons. The zero-order chi connectivity index (χ0) is 14.3. The predicted octanol–water partition coefficient (Wildman–Crippen LogP) is 4.98. The molecule has 0 saturated carbocycles. The van der Waals surface area contributed by atoms with E-state index in [4.69, 9.17) is 0 Å². The number of rotatable bonds is 3. The molecule has 0 atom stereocenters. The Morgan fingerprint density at radius 2 is 1.55 bits per heavy atom. The molecule has 20 heavy (non-hydrogen) atoms. The highest BCUT2D eigenvalue weighted by Gasteiger charge is 2.28. The average Bonchev–Trinajstić information content (AvgIpc) is 2.73. The van der Waals surface area contributed by atoms with Gasteiger partial charge in [-0.1, -0.05) is 63.6 Å².